The van der Waals surface area contributed by atoms with Gasteiger partial charge >= 0.3 is 5.97 Å². The molecular weight excluding hydrogens is 458 g/mol. The number of hydrogen-bond acceptors (Lipinski definition) is 2. The number of carboxylic acid groups (broad SMARTS) is 1. The lowest BCUT2D eigenvalue weighted by molar-refractivity contribution is -0.887. The third kappa shape index (κ3) is 5.02. The quantitative estimate of drug-likeness (QED) is 0.636. The Morgan fingerprint density at radius 3 is 2.15 bits per heavy atom. The summed E-state index contributed by atoms with van der Waals surface area (Å²) in [6.45, 7) is 0.339. The smallest absolute Gasteiger partial charge is 0.362 e. The van der Waals surface area contributed by atoms with Crippen LogP contribution in [-0.2, 0) is 4.79 Å². The van der Waals surface area contributed by atoms with Gasteiger partial charge in [0.05, 0.1) is 36.7 Å². The van der Waals surface area contributed by atoms with Crippen LogP contribution in [0.5, 0.6) is 5.75 Å². The van der Waals surface area contributed by atoms with E-state index in [1.54, 1.807) is 0 Å². The number of ether oxygens (including phenoxy) is 1. The number of hydrogen-bond donors (Lipinski definition) is 1. The molecule has 0 bridgehead atoms. The highest BCUT2D eigenvalue weighted by Crippen LogP contribution is 2.36. The van der Waals surface area contributed by atoms with Crippen molar-refractivity contribution < 1.29 is 19.1 Å². The molecular formula is C13H17Br3NO3+. The number of rotatable bonds is 6. The van der Waals surface area contributed by atoms with E-state index in [4.69, 9.17) is 4.74 Å². The van der Waals surface area contributed by atoms with Crippen molar-refractivity contribution in [3.8, 4) is 5.75 Å². The van der Waals surface area contributed by atoms with Gasteiger partial charge in [0.15, 0.2) is 6.04 Å². The molecule has 7 heteroatoms. The summed E-state index contributed by atoms with van der Waals surface area (Å²) in [4.78, 5) is 11.3. The van der Waals surface area contributed by atoms with Crippen molar-refractivity contribution in [2.45, 2.75) is 12.5 Å². The van der Waals surface area contributed by atoms with Crippen LogP contribution in [0.15, 0.2) is 25.6 Å². The van der Waals surface area contributed by atoms with Crippen LogP contribution in [0.25, 0.3) is 0 Å². The molecule has 0 heterocycles. The zero-order valence-corrected chi connectivity index (χ0v) is 16.2. The van der Waals surface area contributed by atoms with E-state index in [2.05, 4.69) is 47.8 Å². The Bertz CT molecular complexity index is 477. The third-order valence-electron chi connectivity index (χ3n) is 2.82. The number of carbonyl (C=O) groups is 1. The molecule has 0 fully saturated rings. The predicted octanol–water partition coefficient (Wildman–Crippen LogP) is 3.90. The first-order valence-corrected chi connectivity index (χ1v) is 8.32. The molecule has 1 aromatic carbocycles. The van der Waals surface area contributed by atoms with E-state index in [1.807, 2.05) is 33.3 Å². The highest BCUT2D eigenvalue weighted by atomic mass is 79.9. The van der Waals surface area contributed by atoms with Gasteiger partial charge in [0.2, 0.25) is 0 Å². The van der Waals surface area contributed by atoms with Crippen LogP contribution in [0.1, 0.15) is 6.42 Å². The summed E-state index contributed by atoms with van der Waals surface area (Å²) >= 11 is 10.2. The molecule has 1 N–H and O–H groups in total. The highest BCUT2D eigenvalue weighted by Gasteiger charge is 2.31. The maximum absolute atomic E-state index is 11.3. The Balaban J connectivity index is 2.71. The fourth-order valence-electron chi connectivity index (χ4n) is 1.78. The molecule has 0 aliphatic heterocycles. The topological polar surface area (TPSA) is 46.5 Å². The Morgan fingerprint density at radius 1 is 1.25 bits per heavy atom. The SMILES string of the molecule is C[N+](C)(C)[C@H](CCOc1c(Br)cc(Br)cc1Br)C(=O)O. The first-order valence-electron chi connectivity index (χ1n) is 5.94. The largest absolute Gasteiger partial charge is 0.491 e. The van der Waals surface area contributed by atoms with Gasteiger partial charge < -0.3 is 14.3 Å². The highest BCUT2D eigenvalue weighted by molar-refractivity contribution is 9.11. The van der Waals surface area contributed by atoms with E-state index < -0.39 is 12.0 Å². The monoisotopic (exact) mass is 472 g/mol. The van der Waals surface area contributed by atoms with E-state index in [1.165, 1.54) is 0 Å². The van der Waals surface area contributed by atoms with E-state index in [-0.39, 0.29) is 0 Å². The average Bonchev–Trinajstić information content (AvgIpc) is 2.24. The molecule has 20 heavy (non-hydrogen) atoms. The first-order chi connectivity index (χ1) is 9.12. The van der Waals surface area contributed by atoms with Crippen LogP contribution in [-0.4, -0.2) is 49.4 Å². The molecule has 4 nitrogen and oxygen atoms in total. The molecule has 0 aliphatic carbocycles. The lowest BCUT2D eigenvalue weighted by atomic mass is 10.1. The summed E-state index contributed by atoms with van der Waals surface area (Å²) < 4.78 is 8.63. The fraction of sp³-hybridized carbons (Fsp3) is 0.462. The van der Waals surface area contributed by atoms with Gasteiger partial charge in [-0.05, 0) is 44.0 Å². The van der Waals surface area contributed by atoms with Gasteiger partial charge in [-0.25, -0.2) is 4.79 Å². The van der Waals surface area contributed by atoms with Crippen molar-refractivity contribution in [1.29, 1.82) is 0 Å². The molecule has 1 atom stereocenters. The lowest BCUT2D eigenvalue weighted by Crippen LogP contribution is -2.50. The molecule has 0 spiro atoms. The molecule has 0 amide bonds. The first kappa shape index (κ1) is 17.9. The summed E-state index contributed by atoms with van der Waals surface area (Å²) in [6.07, 6.45) is 0.438. The molecule has 0 saturated heterocycles. The summed E-state index contributed by atoms with van der Waals surface area (Å²) in [5.41, 5.74) is 0. The molecule has 0 saturated carbocycles. The standard InChI is InChI=1S/C13H16Br3NO3/c1-17(2,3)11(13(18)19)4-5-20-12-9(15)6-8(14)7-10(12)16/h6-7,11H,4-5H2,1-3H3/p+1/t11-/m1/s1. The number of carboxylic acids is 1. The summed E-state index contributed by atoms with van der Waals surface area (Å²) in [6, 6.07) is 3.27. The number of nitrogens with zero attached hydrogens (tertiary/aromatic N) is 1. The minimum atomic E-state index is -0.810. The second-order valence-electron chi connectivity index (χ2n) is 5.31. The summed E-state index contributed by atoms with van der Waals surface area (Å²) in [5.74, 6) is -0.131. The maximum atomic E-state index is 11.3. The zero-order chi connectivity index (χ0) is 15.5. The van der Waals surface area contributed by atoms with Crippen LogP contribution >= 0.6 is 47.8 Å². The third-order valence-corrected chi connectivity index (χ3v) is 4.46. The maximum Gasteiger partial charge on any atom is 0.362 e. The predicted molar refractivity (Wildman–Crippen MR) is 89.1 cm³/mol. The van der Waals surface area contributed by atoms with Gasteiger partial charge in [0.1, 0.15) is 5.75 Å². The Kier molecular flexibility index (Phi) is 6.50. The number of likely N-dealkylation sites (N-methyl/N-ethyl adjacent to an activating group) is 1. The van der Waals surface area contributed by atoms with Crippen LogP contribution in [0.2, 0.25) is 0 Å². The van der Waals surface area contributed by atoms with Crippen molar-refractivity contribution in [2.24, 2.45) is 0 Å². The molecule has 1 rings (SSSR count). The Labute approximate surface area is 144 Å². The second kappa shape index (κ2) is 7.24. The zero-order valence-electron chi connectivity index (χ0n) is 11.5. The molecule has 1 aromatic rings. The average molecular weight is 475 g/mol. The van der Waals surface area contributed by atoms with Gasteiger partial charge in [-0.1, -0.05) is 15.9 Å². The van der Waals surface area contributed by atoms with Crippen molar-refractivity contribution in [3.63, 3.8) is 0 Å². The van der Waals surface area contributed by atoms with Crippen LogP contribution in [0.3, 0.4) is 0 Å². The molecule has 0 aromatic heterocycles. The van der Waals surface area contributed by atoms with Crippen molar-refractivity contribution in [3.05, 3.63) is 25.6 Å². The number of halogens is 3. The number of quaternary nitrogens is 1. The minimum Gasteiger partial charge on any atom is -0.491 e. The lowest BCUT2D eigenvalue weighted by Gasteiger charge is -2.31. The van der Waals surface area contributed by atoms with Crippen LogP contribution in [0, 0.1) is 0 Å². The minimum absolute atomic E-state index is 0.339. The molecule has 0 unspecified atom stereocenters. The van der Waals surface area contributed by atoms with E-state index in [0.29, 0.717) is 23.3 Å². The van der Waals surface area contributed by atoms with Gasteiger partial charge in [-0.2, -0.15) is 0 Å². The molecule has 112 valence electrons. The van der Waals surface area contributed by atoms with Crippen molar-refractivity contribution >= 4 is 53.8 Å². The Morgan fingerprint density at radius 2 is 1.75 bits per heavy atom. The van der Waals surface area contributed by atoms with Gasteiger partial charge in [0.25, 0.3) is 0 Å². The normalized spacial score (nSPS) is 13.1. The number of benzene rings is 1. The van der Waals surface area contributed by atoms with Gasteiger partial charge in [-0.15, -0.1) is 0 Å². The van der Waals surface area contributed by atoms with Crippen LogP contribution in [0.4, 0.5) is 0 Å². The fourth-order valence-corrected chi connectivity index (χ4v) is 4.27. The van der Waals surface area contributed by atoms with Crippen LogP contribution < -0.4 is 4.74 Å². The second-order valence-corrected chi connectivity index (χ2v) is 7.93. The number of aliphatic carboxylic acids is 1. The summed E-state index contributed by atoms with van der Waals surface area (Å²) in [7, 11) is 5.60. The van der Waals surface area contributed by atoms with E-state index in [9.17, 15) is 9.90 Å². The van der Waals surface area contributed by atoms with Crippen molar-refractivity contribution in [1.82, 2.24) is 0 Å². The summed E-state index contributed by atoms with van der Waals surface area (Å²) in [5, 5.41) is 9.26. The molecule has 0 aliphatic rings. The van der Waals surface area contributed by atoms with E-state index >= 15 is 0 Å². The van der Waals surface area contributed by atoms with Gasteiger partial charge in [0, 0.05) is 10.9 Å². The molecule has 0 radical (unpaired) electrons. The van der Waals surface area contributed by atoms with Gasteiger partial charge in [-0.3, -0.25) is 0 Å². The van der Waals surface area contributed by atoms with E-state index in [0.717, 1.165) is 13.4 Å². The van der Waals surface area contributed by atoms with Crippen molar-refractivity contribution in [2.75, 3.05) is 27.7 Å². The Hall–Kier alpha value is -0.110.